The number of imidazole rings is 1. The van der Waals surface area contributed by atoms with Crippen molar-refractivity contribution in [3.63, 3.8) is 0 Å². The maximum atomic E-state index is 12.9. The number of aliphatic hydroxyl groups is 1. The quantitative estimate of drug-likeness (QED) is 0.181. The van der Waals surface area contributed by atoms with Crippen molar-refractivity contribution >= 4 is 35.0 Å². The van der Waals surface area contributed by atoms with Crippen LogP contribution in [0.2, 0.25) is 0 Å². The number of fused-ring (bicyclic) bond motifs is 1. The summed E-state index contributed by atoms with van der Waals surface area (Å²) in [4.78, 5) is 62.3. The van der Waals surface area contributed by atoms with Crippen LogP contribution in [0.1, 0.15) is 82.4 Å². The molecule has 3 fully saturated rings. The standard InChI is InChI=1S/C32H37N5O11/c1-6-32(15-44-27(40)19-11-31(12-19)8-7-9-31)21(38)10-22(47-32)37-16-33-24-25(34-18(3)35-26(24)37)36-28(41)48-30(4,5)13-23(39)43-14-20-17(2)45-29(42)46-20/h1,16,19,21-22,38H,7-15H2,2-5H3,(H,34,35,36,41)/t21-,22+,32+/m0/s1. The van der Waals surface area contributed by atoms with E-state index >= 15 is 0 Å². The molecule has 1 spiro atoms. The first-order chi connectivity index (χ1) is 22.7. The highest BCUT2D eigenvalue weighted by Gasteiger charge is 2.53. The summed E-state index contributed by atoms with van der Waals surface area (Å²) in [6.45, 7) is 5.51. The molecule has 48 heavy (non-hydrogen) atoms. The van der Waals surface area contributed by atoms with Gasteiger partial charge < -0.3 is 32.9 Å². The lowest BCUT2D eigenvalue weighted by Gasteiger charge is -2.53. The lowest BCUT2D eigenvalue weighted by Crippen LogP contribution is -2.48. The van der Waals surface area contributed by atoms with Crippen molar-refractivity contribution in [3.05, 3.63) is 34.3 Å². The van der Waals surface area contributed by atoms with Crippen molar-refractivity contribution in [2.45, 2.75) is 103 Å². The van der Waals surface area contributed by atoms with Gasteiger partial charge in [-0.2, -0.15) is 0 Å². The highest BCUT2D eigenvalue weighted by molar-refractivity contribution is 5.93. The molecule has 0 unspecified atom stereocenters. The molecule has 2 aliphatic carbocycles. The Labute approximate surface area is 274 Å². The first-order valence-electron chi connectivity index (χ1n) is 15.7. The Kier molecular flexibility index (Phi) is 8.54. The van der Waals surface area contributed by atoms with Gasteiger partial charge >= 0.3 is 23.9 Å². The zero-order valence-electron chi connectivity index (χ0n) is 27.1. The van der Waals surface area contributed by atoms with Crippen LogP contribution in [0.15, 0.2) is 20.0 Å². The third kappa shape index (κ3) is 6.52. The molecule has 3 aromatic heterocycles. The number of nitrogens with one attached hydrogen (secondary N) is 1. The average molecular weight is 668 g/mol. The summed E-state index contributed by atoms with van der Waals surface area (Å²) < 4.78 is 33.4. The molecule has 1 aliphatic heterocycles. The van der Waals surface area contributed by atoms with Crippen molar-refractivity contribution < 1.29 is 47.3 Å². The smallest absolute Gasteiger partial charge is 0.461 e. The molecule has 6 rings (SSSR count). The number of aryl methyl sites for hydroxylation is 2. The number of aliphatic hydroxyl groups excluding tert-OH is 1. The maximum absolute atomic E-state index is 12.9. The number of ether oxygens (including phenoxy) is 4. The fourth-order valence-electron chi connectivity index (χ4n) is 6.54. The molecule has 1 amide bonds. The van der Waals surface area contributed by atoms with E-state index in [-0.39, 0.29) is 72.3 Å². The molecular weight excluding hydrogens is 630 g/mol. The predicted octanol–water partition coefficient (Wildman–Crippen LogP) is 3.23. The molecule has 0 radical (unpaired) electrons. The van der Waals surface area contributed by atoms with Crippen LogP contribution < -0.4 is 11.1 Å². The van der Waals surface area contributed by atoms with E-state index in [9.17, 15) is 24.3 Å². The number of carbonyl (C=O) groups excluding carboxylic acids is 3. The summed E-state index contributed by atoms with van der Waals surface area (Å²) in [5.41, 5.74) is -2.09. The zero-order chi connectivity index (χ0) is 34.4. The number of carbonyl (C=O) groups is 3. The molecule has 4 heterocycles. The fourth-order valence-corrected chi connectivity index (χ4v) is 6.54. The van der Waals surface area contributed by atoms with Crippen LogP contribution in [0, 0.1) is 37.5 Å². The van der Waals surface area contributed by atoms with Gasteiger partial charge in [0.25, 0.3) is 0 Å². The summed E-state index contributed by atoms with van der Waals surface area (Å²) in [6.07, 6.45) is 9.24. The molecule has 3 atom stereocenters. The number of amides is 1. The highest BCUT2D eigenvalue weighted by Crippen LogP contribution is 2.59. The molecule has 0 aromatic carbocycles. The van der Waals surface area contributed by atoms with Crippen molar-refractivity contribution in [1.82, 2.24) is 19.5 Å². The van der Waals surface area contributed by atoms with Gasteiger partial charge in [-0.05, 0) is 58.8 Å². The molecule has 0 bridgehead atoms. The first-order valence-corrected chi connectivity index (χ1v) is 15.7. The van der Waals surface area contributed by atoms with Crippen LogP contribution in [0.3, 0.4) is 0 Å². The average Bonchev–Trinajstić information content (AvgIpc) is 3.62. The topological polar surface area (TPSA) is 207 Å². The molecule has 256 valence electrons. The number of terminal acetylenes is 1. The van der Waals surface area contributed by atoms with Gasteiger partial charge in [0.1, 0.15) is 30.4 Å². The van der Waals surface area contributed by atoms with Crippen LogP contribution in [-0.4, -0.2) is 66.6 Å². The van der Waals surface area contributed by atoms with Crippen molar-refractivity contribution in [2.75, 3.05) is 11.9 Å². The highest BCUT2D eigenvalue weighted by atomic mass is 16.6. The second kappa shape index (κ2) is 12.4. The van der Waals surface area contributed by atoms with Gasteiger partial charge in [-0.3, -0.25) is 19.5 Å². The summed E-state index contributed by atoms with van der Waals surface area (Å²) >= 11 is 0. The molecule has 1 saturated heterocycles. The number of hydrogen-bond donors (Lipinski definition) is 2. The van der Waals surface area contributed by atoms with Crippen molar-refractivity contribution in [1.29, 1.82) is 0 Å². The second-order valence-electron chi connectivity index (χ2n) is 13.4. The molecule has 3 aliphatic rings. The van der Waals surface area contributed by atoms with Crippen LogP contribution in [0.5, 0.6) is 0 Å². The second-order valence-corrected chi connectivity index (χ2v) is 13.4. The number of anilines is 1. The van der Waals surface area contributed by atoms with Crippen LogP contribution in [-0.2, 0) is 35.1 Å². The number of nitrogens with zero attached hydrogens (tertiary/aromatic N) is 4. The molecule has 2 N–H and O–H groups in total. The van der Waals surface area contributed by atoms with E-state index in [2.05, 4.69) is 26.2 Å². The Hall–Kier alpha value is -4.75. The van der Waals surface area contributed by atoms with Gasteiger partial charge in [0.2, 0.25) is 0 Å². The van der Waals surface area contributed by atoms with Gasteiger partial charge in [0, 0.05) is 6.42 Å². The minimum atomic E-state index is -1.57. The third-order valence-corrected chi connectivity index (χ3v) is 9.29. The largest absolute Gasteiger partial charge is 0.519 e. The van der Waals surface area contributed by atoms with E-state index in [0.717, 1.165) is 25.7 Å². The van der Waals surface area contributed by atoms with Gasteiger partial charge in [-0.25, -0.2) is 24.5 Å². The first kappa shape index (κ1) is 33.2. The minimum Gasteiger partial charge on any atom is -0.461 e. The molecule has 2 saturated carbocycles. The van der Waals surface area contributed by atoms with Gasteiger partial charge in [0.05, 0.1) is 18.7 Å². The van der Waals surface area contributed by atoms with Gasteiger partial charge in [-0.15, -0.1) is 6.42 Å². The van der Waals surface area contributed by atoms with Gasteiger partial charge in [0.15, 0.2) is 40.7 Å². The Bertz CT molecular complexity index is 1840. The summed E-state index contributed by atoms with van der Waals surface area (Å²) in [6, 6.07) is 0. The fraction of sp³-hybridized carbons (Fsp3) is 0.594. The Balaban J connectivity index is 1.08. The number of hydrogen-bond acceptors (Lipinski definition) is 14. The summed E-state index contributed by atoms with van der Waals surface area (Å²) in [5, 5.41) is 13.5. The van der Waals surface area contributed by atoms with Crippen molar-refractivity contribution in [2.24, 2.45) is 11.3 Å². The Morgan fingerprint density at radius 1 is 1.19 bits per heavy atom. The van der Waals surface area contributed by atoms with Gasteiger partial charge in [-0.1, -0.05) is 12.3 Å². The Morgan fingerprint density at radius 2 is 1.94 bits per heavy atom. The van der Waals surface area contributed by atoms with Crippen LogP contribution >= 0.6 is 0 Å². The van der Waals surface area contributed by atoms with E-state index in [1.807, 2.05) is 0 Å². The summed E-state index contributed by atoms with van der Waals surface area (Å²) in [7, 11) is 0. The van der Waals surface area contributed by atoms with Crippen molar-refractivity contribution in [3.8, 4) is 12.3 Å². The number of esters is 2. The van der Waals surface area contributed by atoms with E-state index in [1.54, 1.807) is 11.5 Å². The van der Waals surface area contributed by atoms with E-state index in [4.69, 9.17) is 34.2 Å². The third-order valence-electron chi connectivity index (χ3n) is 9.29. The number of aromatic nitrogens is 4. The SMILES string of the molecule is C#C[C@]1(COC(=O)C2CC3(CCC3)C2)O[C@@H](n2cnc3c(NC(=O)OC(C)(C)CC(=O)OCc4oc(=O)oc4C)nc(C)nc32)C[C@@H]1O. The molecular formula is C32H37N5O11. The lowest BCUT2D eigenvalue weighted by molar-refractivity contribution is -0.171. The molecule has 16 nitrogen and oxygen atoms in total. The monoisotopic (exact) mass is 667 g/mol. The molecule has 3 aromatic rings. The molecule has 16 heteroatoms. The number of rotatable bonds is 10. The van der Waals surface area contributed by atoms with Crippen LogP contribution in [0.25, 0.3) is 11.2 Å². The normalized spacial score (nSPS) is 23.2. The van der Waals surface area contributed by atoms with Crippen LogP contribution in [0.4, 0.5) is 10.6 Å². The minimum absolute atomic E-state index is 0.0329. The van der Waals surface area contributed by atoms with E-state index in [1.165, 1.54) is 33.5 Å². The summed E-state index contributed by atoms with van der Waals surface area (Å²) in [5.74, 6) is 0.959. The van der Waals surface area contributed by atoms with E-state index < -0.39 is 41.4 Å². The van der Waals surface area contributed by atoms with E-state index in [0.29, 0.717) is 5.41 Å². The maximum Gasteiger partial charge on any atom is 0.519 e. The lowest BCUT2D eigenvalue weighted by atomic mass is 9.52. The Morgan fingerprint density at radius 3 is 2.58 bits per heavy atom. The zero-order valence-corrected chi connectivity index (χ0v) is 27.1. The predicted molar refractivity (Wildman–Crippen MR) is 163 cm³/mol.